The van der Waals surface area contributed by atoms with Crippen LogP contribution in [-0.4, -0.2) is 29.4 Å². The van der Waals surface area contributed by atoms with Crippen molar-refractivity contribution in [1.82, 2.24) is 0 Å². The highest BCUT2D eigenvalue weighted by Gasteiger charge is 2.36. The summed E-state index contributed by atoms with van der Waals surface area (Å²) in [6.07, 6.45) is 2.34. The molecule has 0 bridgehead atoms. The van der Waals surface area contributed by atoms with E-state index in [1.54, 1.807) is 11.8 Å². The molecule has 4 heteroatoms. The average molecular weight is 232 g/mol. The normalized spacial score (nSPS) is 20.4. The van der Waals surface area contributed by atoms with Gasteiger partial charge in [0.15, 0.2) is 5.54 Å². The van der Waals surface area contributed by atoms with E-state index in [0.717, 1.165) is 11.3 Å². The summed E-state index contributed by atoms with van der Waals surface area (Å²) in [7, 11) is 1.64. The van der Waals surface area contributed by atoms with Crippen molar-refractivity contribution in [3.05, 3.63) is 29.8 Å². The highest BCUT2D eigenvalue weighted by atomic mass is 16.5. The highest BCUT2D eigenvalue weighted by molar-refractivity contribution is 5.78. The van der Waals surface area contributed by atoms with Crippen LogP contribution in [0.4, 0.5) is 0 Å². The molecular formula is C13H16N2O2. The van der Waals surface area contributed by atoms with Crippen LogP contribution in [0.2, 0.25) is 0 Å². The van der Waals surface area contributed by atoms with Crippen LogP contribution in [0.25, 0.3) is 0 Å². The Bertz CT molecular complexity index is 473. The summed E-state index contributed by atoms with van der Waals surface area (Å²) < 4.78 is 6.83. The second-order valence-corrected chi connectivity index (χ2v) is 4.73. The van der Waals surface area contributed by atoms with Crippen molar-refractivity contribution in [3.8, 4) is 5.75 Å². The Hall–Kier alpha value is -1.84. The summed E-state index contributed by atoms with van der Waals surface area (Å²) in [5.74, 6) is 0.746. The molecule has 0 N–H and O–H groups in total. The molecule has 1 aromatic rings. The highest BCUT2D eigenvalue weighted by Crippen LogP contribution is 2.20. The van der Waals surface area contributed by atoms with Crippen LogP contribution >= 0.6 is 0 Å². The SMILES string of the molecule is COc1ccc(/C=[N+]2\N=C([O-])CC2(C)C)cc1. The maximum Gasteiger partial charge on any atom is 0.203 e. The smallest absolute Gasteiger partial charge is 0.203 e. The molecular weight excluding hydrogens is 216 g/mol. The van der Waals surface area contributed by atoms with Crippen molar-refractivity contribution in [2.45, 2.75) is 25.8 Å². The predicted octanol–water partition coefficient (Wildman–Crippen LogP) is 0.983. The fourth-order valence-electron chi connectivity index (χ4n) is 1.78. The topological polar surface area (TPSA) is 47.7 Å². The van der Waals surface area contributed by atoms with Gasteiger partial charge >= 0.3 is 0 Å². The lowest BCUT2D eigenvalue weighted by atomic mass is 10.0. The predicted molar refractivity (Wildman–Crippen MR) is 64.6 cm³/mol. The van der Waals surface area contributed by atoms with Crippen molar-refractivity contribution in [2.24, 2.45) is 5.10 Å². The van der Waals surface area contributed by atoms with Crippen LogP contribution < -0.4 is 9.84 Å². The van der Waals surface area contributed by atoms with Crippen molar-refractivity contribution in [3.63, 3.8) is 0 Å². The van der Waals surface area contributed by atoms with E-state index < -0.39 is 0 Å². The fraction of sp³-hybridized carbons (Fsp3) is 0.385. The largest absolute Gasteiger partial charge is 0.857 e. The molecule has 1 aromatic carbocycles. The van der Waals surface area contributed by atoms with Gasteiger partial charge in [0.25, 0.3) is 0 Å². The van der Waals surface area contributed by atoms with E-state index >= 15 is 0 Å². The molecule has 0 fully saturated rings. The number of hydrogen-bond acceptors (Lipinski definition) is 3. The van der Waals surface area contributed by atoms with E-state index in [9.17, 15) is 5.11 Å². The fourth-order valence-corrected chi connectivity index (χ4v) is 1.78. The van der Waals surface area contributed by atoms with Crippen molar-refractivity contribution < 1.29 is 14.5 Å². The van der Waals surface area contributed by atoms with E-state index in [2.05, 4.69) is 5.10 Å². The quantitative estimate of drug-likeness (QED) is 0.714. The van der Waals surface area contributed by atoms with Crippen LogP contribution in [0, 0.1) is 0 Å². The molecule has 0 spiro atoms. The van der Waals surface area contributed by atoms with Gasteiger partial charge in [0, 0.05) is 31.7 Å². The van der Waals surface area contributed by atoms with Crippen LogP contribution in [0.15, 0.2) is 29.4 Å². The van der Waals surface area contributed by atoms with Gasteiger partial charge in [-0.2, -0.15) is 0 Å². The number of ether oxygens (including phenoxy) is 1. The number of nitrogens with zero attached hydrogens (tertiary/aromatic N) is 2. The van der Waals surface area contributed by atoms with Gasteiger partial charge in [-0.3, -0.25) is 0 Å². The van der Waals surface area contributed by atoms with Crippen LogP contribution in [0.5, 0.6) is 5.75 Å². The second kappa shape index (κ2) is 4.20. The number of methoxy groups -OCH3 is 1. The van der Waals surface area contributed by atoms with Crippen LogP contribution in [-0.2, 0) is 0 Å². The summed E-state index contributed by atoms with van der Waals surface area (Å²) in [6, 6.07) is 7.65. The zero-order chi connectivity index (χ0) is 12.5. The zero-order valence-electron chi connectivity index (χ0n) is 10.3. The first-order valence-electron chi connectivity index (χ1n) is 5.54. The van der Waals surface area contributed by atoms with Gasteiger partial charge in [0.1, 0.15) is 5.75 Å². The summed E-state index contributed by atoms with van der Waals surface area (Å²) in [5.41, 5.74) is 0.758. The third-order valence-electron chi connectivity index (χ3n) is 2.81. The molecule has 1 aliphatic heterocycles. The summed E-state index contributed by atoms with van der Waals surface area (Å²) in [4.78, 5) is 0. The second-order valence-electron chi connectivity index (χ2n) is 4.73. The number of benzene rings is 1. The van der Waals surface area contributed by atoms with Crippen LogP contribution in [0.1, 0.15) is 25.8 Å². The van der Waals surface area contributed by atoms with Gasteiger partial charge < -0.3 is 9.84 Å². The Morgan fingerprint density at radius 2 is 2.00 bits per heavy atom. The summed E-state index contributed by atoms with van der Waals surface area (Å²) in [5, 5.41) is 15.3. The van der Waals surface area contributed by atoms with Gasteiger partial charge in [-0.1, -0.05) is 4.68 Å². The molecule has 0 saturated carbocycles. The Kier molecular flexibility index (Phi) is 2.88. The first-order valence-corrected chi connectivity index (χ1v) is 5.54. The number of hydrazone groups is 1. The molecule has 0 amide bonds. The zero-order valence-corrected chi connectivity index (χ0v) is 10.3. The average Bonchev–Trinajstić information content (AvgIpc) is 2.53. The van der Waals surface area contributed by atoms with Crippen molar-refractivity contribution >= 4 is 12.1 Å². The maximum atomic E-state index is 11.3. The van der Waals surface area contributed by atoms with Gasteiger partial charge in [0.2, 0.25) is 6.21 Å². The molecule has 2 rings (SSSR count). The molecule has 17 heavy (non-hydrogen) atoms. The molecule has 0 unspecified atom stereocenters. The Morgan fingerprint density at radius 3 is 2.47 bits per heavy atom. The minimum absolute atomic E-state index is 0.0697. The molecule has 4 nitrogen and oxygen atoms in total. The van der Waals surface area contributed by atoms with E-state index in [1.165, 1.54) is 0 Å². The van der Waals surface area contributed by atoms with E-state index in [4.69, 9.17) is 4.74 Å². The van der Waals surface area contributed by atoms with Gasteiger partial charge in [-0.25, -0.2) is 0 Å². The summed E-state index contributed by atoms with van der Waals surface area (Å²) in [6.45, 7) is 4.00. The van der Waals surface area contributed by atoms with E-state index in [-0.39, 0.29) is 11.4 Å². The minimum Gasteiger partial charge on any atom is -0.857 e. The molecule has 90 valence electrons. The molecule has 0 saturated heterocycles. The molecule has 1 heterocycles. The Labute approximate surface area is 101 Å². The lowest BCUT2D eigenvalue weighted by Crippen LogP contribution is -2.31. The molecule has 0 aromatic heterocycles. The van der Waals surface area contributed by atoms with Crippen LogP contribution in [0.3, 0.4) is 0 Å². The van der Waals surface area contributed by atoms with Gasteiger partial charge in [-0.05, 0) is 29.4 Å². The summed E-state index contributed by atoms with van der Waals surface area (Å²) >= 11 is 0. The molecule has 0 atom stereocenters. The first kappa shape index (κ1) is 11.6. The number of hydrogen-bond donors (Lipinski definition) is 0. The molecule has 0 aliphatic carbocycles. The standard InChI is InChI=1S/C13H16N2O2/c1-13(2)8-12(16)14-15(13)9-10-4-6-11(17-3)7-5-10/h4-7,9H,8H2,1-3H3/b15-9-. The Balaban J connectivity index is 2.29. The lowest BCUT2D eigenvalue weighted by Gasteiger charge is -2.11. The third-order valence-corrected chi connectivity index (χ3v) is 2.81. The first-order chi connectivity index (χ1) is 8.01. The van der Waals surface area contributed by atoms with E-state index in [0.29, 0.717) is 6.42 Å². The third kappa shape index (κ3) is 2.46. The minimum atomic E-state index is -0.239. The monoisotopic (exact) mass is 232 g/mol. The van der Waals surface area contributed by atoms with Crippen molar-refractivity contribution in [2.75, 3.05) is 7.11 Å². The lowest BCUT2D eigenvalue weighted by molar-refractivity contribution is -0.591. The maximum absolute atomic E-state index is 11.3. The molecule has 0 radical (unpaired) electrons. The van der Waals surface area contributed by atoms with Gasteiger partial charge in [-0.15, -0.1) is 0 Å². The van der Waals surface area contributed by atoms with Crippen molar-refractivity contribution in [1.29, 1.82) is 0 Å². The van der Waals surface area contributed by atoms with E-state index in [1.807, 2.05) is 44.3 Å². The van der Waals surface area contributed by atoms with Gasteiger partial charge in [0.05, 0.1) is 7.11 Å². The number of rotatable bonds is 2. The molecule has 1 aliphatic rings. The Morgan fingerprint density at radius 1 is 1.35 bits per heavy atom.